The van der Waals surface area contributed by atoms with E-state index >= 15 is 0 Å². The summed E-state index contributed by atoms with van der Waals surface area (Å²) in [4.78, 5) is 26.2. The summed E-state index contributed by atoms with van der Waals surface area (Å²) < 4.78 is 60.8. The molecule has 0 unspecified atom stereocenters. The molecule has 1 N–H and O–H groups in total. The number of rotatable bonds is 4. The van der Waals surface area contributed by atoms with Gasteiger partial charge in [-0.15, -0.1) is 0 Å². The Bertz CT molecular complexity index is 1070. The molecule has 2 aromatic rings. The van der Waals surface area contributed by atoms with Crippen molar-refractivity contribution in [3.8, 4) is 0 Å². The van der Waals surface area contributed by atoms with Crippen LogP contribution in [0.15, 0.2) is 47.4 Å². The maximum absolute atomic E-state index is 12.9. The normalized spacial score (nSPS) is 14.6. The third-order valence-electron chi connectivity index (χ3n) is 4.86. The molecular formula is C20H19F3N2O4S. The highest BCUT2D eigenvalue weighted by atomic mass is 32.2. The fourth-order valence-corrected chi connectivity index (χ4v) is 4.01. The Balaban J connectivity index is 1.85. The predicted octanol–water partition coefficient (Wildman–Crippen LogP) is 3.78. The first-order valence-electron chi connectivity index (χ1n) is 9.14. The summed E-state index contributed by atoms with van der Waals surface area (Å²) >= 11 is 0. The topological polar surface area (TPSA) is 83.5 Å². The molecule has 1 heterocycles. The number of alkyl halides is 3. The third-order valence-corrected chi connectivity index (χ3v) is 6.36. The van der Waals surface area contributed by atoms with Gasteiger partial charge in [0.15, 0.2) is 0 Å². The van der Waals surface area contributed by atoms with E-state index in [-0.39, 0.29) is 17.2 Å². The number of carbonyl (C=O) groups is 2. The maximum Gasteiger partial charge on any atom is 0.501 e. The van der Waals surface area contributed by atoms with Crippen molar-refractivity contribution >= 4 is 27.3 Å². The lowest BCUT2D eigenvalue weighted by Crippen LogP contribution is -2.29. The molecule has 0 saturated carbocycles. The summed E-state index contributed by atoms with van der Waals surface area (Å²) in [6.07, 6.45) is 1.82. The van der Waals surface area contributed by atoms with E-state index in [4.69, 9.17) is 0 Å². The number of benzene rings is 2. The minimum Gasteiger partial charge on any atom is -0.339 e. The van der Waals surface area contributed by atoms with Gasteiger partial charge in [0.1, 0.15) is 0 Å². The molecule has 1 aliphatic heterocycles. The minimum atomic E-state index is -5.49. The van der Waals surface area contributed by atoms with Crippen LogP contribution in [0.4, 0.5) is 18.9 Å². The molecule has 0 aromatic heterocycles. The molecule has 6 nitrogen and oxygen atoms in total. The first-order chi connectivity index (χ1) is 14.0. The van der Waals surface area contributed by atoms with Crippen molar-refractivity contribution in [2.45, 2.75) is 30.2 Å². The van der Waals surface area contributed by atoms with Crippen LogP contribution in [0, 0.1) is 6.92 Å². The third kappa shape index (κ3) is 4.18. The Hall–Kier alpha value is -2.88. The quantitative estimate of drug-likeness (QED) is 0.785. The summed E-state index contributed by atoms with van der Waals surface area (Å²) in [5.74, 6) is -0.875. The van der Waals surface area contributed by atoms with E-state index in [1.807, 2.05) is 0 Å². The molecule has 0 atom stereocenters. The van der Waals surface area contributed by atoms with E-state index < -0.39 is 26.1 Å². The van der Waals surface area contributed by atoms with Gasteiger partial charge >= 0.3 is 5.51 Å². The van der Waals surface area contributed by atoms with Crippen LogP contribution < -0.4 is 5.32 Å². The van der Waals surface area contributed by atoms with Crippen molar-refractivity contribution in [2.24, 2.45) is 0 Å². The number of nitrogens with one attached hydrogen (secondary N) is 1. The van der Waals surface area contributed by atoms with Gasteiger partial charge < -0.3 is 10.2 Å². The molecule has 0 aliphatic carbocycles. The van der Waals surface area contributed by atoms with E-state index in [1.165, 1.54) is 0 Å². The zero-order chi connectivity index (χ0) is 22.1. The van der Waals surface area contributed by atoms with Crippen LogP contribution in [0.1, 0.15) is 39.1 Å². The van der Waals surface area contributed by atoms with Gasteiger partial charge in [0.2, 0.25) is 0 Å². The minimum absolute atomic E-state index is 0.0443. The van der Waals surface area contributed by atoms with Crippen molar-refractivity contribution in [3.63, 3.8) is 0 Å². The van der Waals surface area contributed by atoms with Crippen LogP contribution in [0.3, 0.4) is 0 Å². The van der Waals surface area contributed by atoms with Gasteiger partial charge in [-0.3, -0.25) is 9.59 Å². The summed E-state index contributed by atoms with van der Waals surface area (Å²) in [7, 11) is -5.49. The number of amides is 2. The average molecular weight is 440 g/mol. The molecule has 2 aromatic carbocycles. The van der Waals surface area contributed by atoms with Crippen molar-refractivity contribution in [2.75, 3.05) is 18.4 Å². The Kier molecular flexibility index (Phi) is 5.89. The molecule has 0 spiro atoms. The molecule has 3 rings (SSSR count). The standard InChI is InChI=1S/C20H19F3N2O4S/c1-13-5-4-6-16(17(13)19(27)25-11-2-3-12-25)24-18(26)14-7-9-15(10-8-14)30(28,29)20(21,22)23/h4-10H,2-3,11-12H2,1H3,(H,24,26). The smallest absolute Gasteiger partial charge is 0.339 e. The molecular weight excluding hydrogens is 421 g/mol. The summed E-state index contributed by atoms with van der Waals surface area (Å²) in [6.45, 7) is 3.02. The van der Waals surface area contributed by atoms with E-state index in [0.29, 0.717) is 24.2 Å². The zero-order valence-corrected chi connectivity index (χ0v) is 16.8. The summed E-state index contributed by atoms with van der Waals surface area (Å²) in [5.41, 5.74) is -4.16. The van der Waals surface area contributed by atoms with E-state index in [2.05, 4.69) is 5.32 Å². The van der Waals surface area contributed by atoms with Crippen molar-refractivity contribution < 1.29 is 31.2 Å². The highest BCUT2D eigenvalue weighted by molar-refractivity contribution is 7.92. The lowest BCUT2D eigenvalue weighted by atomic mass is 10.0. The first-order valence-corrected chi connectivity index (χ1v) is 10.6. The summed E-state index contributed by atoms with van der Waals surface area (Å²) in [6, 6.07) is 8.42. The maximum atomic E-state index is 12.9. The number of sulfone groups is 1. The van der Waals surface area contributed by atoms with Gasteiger partial charge in [-0.1, -0.05) is 12.1 Å². The number of nitrogens with zero attached hydrogens (tertiary/aromatic N) is 1. The lowest BCUT2D eigenvalue weighted by molar-refractivity contribution is -0.0436. The highest BCUT2D eigenvalue weighted by Gasteiger charge is 2.46. The van der Waals surface area contributed by atoms with Gasteiger partial charge in [0.25, 0.3) is 21.7 Å². The molecule has 10 heteroatoms. The Morgan fingerprint density at radius 2 is 1.60 bits per heavy atom. The number of likely N-dealkylation sites (tertiary alicyclic amines) is 1. The van der Waals surface area contributed by atoms with Crippen LogP contribution in [0.25, 0.3) is 0 Å². The second-order valence-electron chi connectivity index (χ2n) is 6.92. The molecule has 2 amide bonds. The molecule has 1 fully saturated rings. The Morgan fingerprint density at radius 1 is 1.00 bits per heavy atom. The van der Waals surface area contributed by atoms with Crippen LogP contribution in [0.5, 0.6) is 0 Å². The predicted molar refractivity (Wildman–Crippen MR) is 104 cm³/mol. The second kappa shape index (κ2) is 8.10. The fraction of sp³-hybridized carbons (Fsp3) is 0.300. The van der Waals surface area contributed by atoms with E-state index in [0.717, 1.165) is 37.1 Å². The number of aryl methyl sites for hydroxylation is 1. The number of halogens is 3. The van der Waals surface area contributed by atoms with Gasteiger partial charge in [0, 0.05) is 18.7 Å². The molecule has 1 aliphatic rings. The van der Waals surface area contributed by atoms with Gasteiger partial charge in [-0.2, -0.15) is 13.2 Å². The molecule has 30 heavy (non-hydrogen) atoms. The Labute approximate surface area is 171 Å². The largest absolute Gasteiger partial charge is 0.501 e. The number of hydrogen-bond acceptors (Lipinski definition) is 4. The summed E-state index contributed by atoms with van der Waals surface area (Å²) in [5, 5.41) is 2.60. The Morgan fingerprint density at radius 3 is 2.17 bits per heavy atom. The van der Waals surface area contributed by atoms with Crippen molar-refractivity contribution in [1.82, 2.24) is 4.90 Å². The first kappa shape index (κ1) is 21.8. The number of hydrogen-bond donors (Lipinski definition) is 1. The van der Waals surface area contributed by atoms with Crippen molar-refractivity contribution in [3.05, 3.63) is 59.2 Å². The second-order valence-corrected chi connectivity index (χ2v) is 8.87. The highest BCUT2D eigenvalue weighted by Crippen LogP contribution is 2.30. The molecule has 160 valence electrons. The molecule has 0 bridgehead atoms. The van der Waals surface area contributed by atoms with Crippen LogP contribution in [-0.2, 0) is 9.84 Å². The molecule has 1 saturated heterocycles. The van der Waals surface area contributed by atoms with Gasteiger partial charge in [-0.25, -0.2) is 8.42 Å². The van der Waals surface area contributed by atoms with Crippen LogP contribution >= 0.6 is 0 Å². The van der Waals surface area contributed by atoms with E-state index in [9.17, 15) is 31.2 Å². The number of anilines is 1. The number of carbonyl (C=O) groups excluding carboxylic acids is 2. The van der Waals surface area contributed by atoms with E-state index in [1.54, 1.807) is 30.0 Å². The monoisotopic (exact) mass is 440 g/mol. The lowest BCUT2D eigenvalue weighted by Gasteiger charge is -2.19. The average Bonchev–Trinajstić information content (AvgIpc) is 3.22. The van der Waals surface area contributed by atoms with Crippen LogP contribution in [0.2, 0.25) is 0 Å². The van der Waals surface area contributed by atoms with Gasteiger partial charge in [0.05, 0.1) is 16.1 Å². The SMILES string of the molecule is Cc1cccc(NC(=O)c2ccc(S(=O)(=O)C(F)(F)F)cc2)c1C(=O)N1CCCC1. The van der Waals surface area contributed by atoms with Gasteiger partial charge in [-0.05, 0) is 55.7 Å². The zero-order valence-electron chi connectivity index (χ0n) is 16.0. The molecule has 0 radical (unpaired) electrons. The van der Waals surface area contributed by atoms with Crippen molar-refractivity contribution in [1.29, 1.82) is 0 Å². The fourth-order valence-electron chi connectivity index (χ4n) is 3.25. The van der Waals surface area contributed by atoms with Crippen LogP contribution in [-0.4, -0.2) is 43.7 Å².